The summed E-state index contributed by atoms with van der Waals surface area (Å²) in [6.45, 7) is 11.9. The van der Waals surface area contributed by atoms with Crippen molar-refractivity contribution in [1.29, 1.82) is 0 Å². The molecule has 0 bridgehead atoms. The Hall–Kier alpha value is -0.410. The van der Waals surface area contributed by atoms with Gasteiger partial charge in [0, 0.05) is 18.5 Å². The van der Waals surface area contributed by atoms with E-state index in [-0.39, 0.29) is 24.0 Å². The van der Waals surface area contributed by atoms with E-state index in [2.05, 4.69) is 46.3 Å². The molecule has 7 heteroatoms. The molecule has 0 aliphatic carbocycles. The molecule has 1 saturated heterocycles. The number of halogens is 1. The van der Waals surface area contributed by atoms with Crippen molar-refractivity contribution in [2.45, 2.75) is 46.6 Å². The molecule has 0 radical (unpaired) electrons. The van der Waals surface area contributed by atoms with Gasteiger partial charge < -0.3 is 15.5 Å². The van der Waals surface area contributed by atoms with Crippen molar-refractivity contribution in [1.82, 2.24) is 20.5 Å². The van der Waals surface area contributed by atoms with Crippen LogP contribution in [0.2, 0.25) is 0 Å². The lowest BCUT2D eigenvalue weighted by Crippen LogP contribution is -2.42. The summed E-state index contributed by atoms with van der Waals surface area (Å²) in [5, 5.41) is 7.97. The molecule has 2 N–H and O–H groups in total. The van der Waals surface area contributed by atoms with E-state index in [0.29, 0.717) is 0 Å². The lowest BCUT2D eigenvalue weighted by atomic mass is 9.97. The number of nitrogens with one attached hydrogen (secondary N) is 2. The molecule has 0 spiro atoms. The number of hydrogen-bond donors (Lipinski definition) is 2. The molecule has 1 aliphatic heterocycles. The van der Waals surface area contributed by atoms with E-state index in [4.69, 9.17) is 0 Å². The lowest BCUT2D eigenvalue weighted by molar-refractivity contribution is 0.185. The van der Waals surface area contributed by atoms with Gasteiger partial charge in [0.15, 0.2) is 5.96 Å². The number of piperidine rings is 1. The number of hydrogen-bond acceptors (Lipinski definition) is 4. The first kappa shape index (κ1) is 21.6. The van der Waals surface area contributed by atoms with Crippen LogP contribution in [0.3, 0.4) is 0 Å². The van der Waals surface area contributed by atoms with Gasteiger partial charge in [-0.1, -0.05) is 6.92 Å². The summed E-state index contributed by atoms with van der Waals surface area (Å²) in [6.07, 6.45) is 3.83. The highest BCUT2D eigenvalue weighted by atomic mass is 127. The van der Waals surface area contributed by atoms with E-state index < -0.39 is 0 Å². The summed E-state index contributed by atoms with van der Waals surface area (Å²) >= 11 is 1.76. The minimum Gasteiger partial charge on any atom is -0.356 e. The van der Waals surface area contributed by atoms with Gasteiger partial charge in [-0.3, -0.25) is 4.99 Å². The summed E-state index contributed by atoms with van der Waals surface area (Å²) in [4.78, 5) is 12.8. The second kappa shape index (κ2) is 11.3. The van der Waals surface area contributed by atoms with E-state index in [1.54, 1.807) is 11.3 Å². The summed E-state index contributed by atoms with van der Waals surface area (Å²) < 4.78 is 0. The van der Waals surface area contributed by atoms with E-state index in [1.807, 2.05) is 7.05 Å². The van der Waals surface area contributed by atoms with Crippen molar-refractivity contribution in [2.24, 2.45) is 10.9 Å². The van der Waals surface area contributed by atoms with E-state index in [1.165, 1.54) is 43.8 Å². The number of aryl methyl sites for hydroxylation is 2. The van der Waals surface area contributed by atoms with E-state index in [0.717, 1.165) is 35.7 Å². The molecule has 0 amide bonds. The van der Waals surface area contributed by atoms with E-state index >= 15 is 0 Å². The Balaban J connectivity index is 0.00000288. The molecule has 1 aromatic rings. The SMILES string of the molecule is CCCN1CCC(CNC(=NC)NCc2nc(C)c(C)s2)CC1.I. The molecule has 1 aliphatic rings. The van der Waals surface area contributed by atoms with Crippen molar-refractivity contribution in [2.75, 3.05) is 33.2 Å². The Bertz CT molecular complexity index is 490. The summed E-state index contributed by atoms with van der Waals surface area (Å²) in [7, 11) is 1.83. The van der Waals surface area contributed by atoms with Crippen LogP contribution in [-0.4, -0.2) is 49.1 Å². The quantitative estimate of drug-likeness (QED) is 0.385. The fourth-order valence-electron chi connectivity index (χ4n) is 2.97. The molecule has 0 unspecified atom stereocenters. The summed E-state index contributed by atoms with van der Waals surface area (Å²) in [6, 6.07) is 0. The largest absolute Gasteiger partial charge is 0.356 e. The van der Waals surface area contributed by atoms with Crippen molar-refractivity contribution in [3.8, 4) is 0 Å². The van der Waals surface area contributed by atoms with E-state index in [9.17, 15) is 0 Å². The first-order chi connectivity index (χ1) is 11.1. The zero-order chi connectivity index (χ0) is 16.7. The monoisotopic (exact) mass is 465 g/mol. The topological polar surface area (TPSA) is 52.5 Å². The highest BCUT2D eigenvalue weighted by Gasteiger charge is 2.18. The van der Waals surface area contributed by atoms with Gasteiger partial charge in [0.05, 0.1) is 12.2 Å². The van der Waals surface area contributed by atoms with Gasteiger partial charge >= 0.3 is 0 Å². The molecule has 24 heavy (non-hydrogen) atoms. The van der Waals surface area contributed by atoms with Crippen molar-refractivity contribution < 1.29 is 0 Å². The maximum Gasteiger partial charge on any atom is 0.191 e. The number of aliphatic imine (C=N–C) groups is 1. The number of nitrogens with zero attached hydrogens (tertiary/aromatic N) is 3. The second-order valence-corrected chi connectivity index (χ2v) is 7.63. The van der Waals surface area contributed by atoms with Crippen molar-refractivity contribution in [3.63, 3.8) is 0 Å². The first-order valence-electron chi connectivity index (χ1n) is 8.72. The lowest BCUT2D eigenvalue weighted by Gasteiger charge is -2.32. The standard InChI is InChI=1S/C17H31N5S.HI/c1-5-8-22-9-6-15(7-10-22)11-19-17(18-4)20-12-16-21-13(2)14(3)23-16;/h15H,5-12H2,1-4H3,(H2,18,19,20);1H. The molecule has 2 heterocycles. The van der Waals surface area contributed by atoms with Gasteiger partial charge in [-0.15, -0.1) is 35.3 Å². The normalized spacial score (nSPS) is 16.8. The number of aromatic nitrogens is 1. The van der Waals surface area contributed by atoms with Crippen LogP contribution in [-0.2, 0) is 6.54 Å². The molecule has 0 saturated carbocycles. The average molecular weight is 465 g/mol. The molecule has 0 aromatic carbocycles. The van der Waals surface area contributed by atoms with Crippen LogP contribution in [0.1, 0.15) is 41.8 Å². The third kappa shape index (κ3) is 6.84. The van der Waals surface area contributed by atoms with Gasteiger partial charge in [-0.2, -0.15) is 0 Å². The number of likely N-dealkylation sites (tertiary alicyclic amines) is 1. The predicted octanol–water partition coefficient (Wildman–Crippen LogP) is 3.16. The smallest absolute Gasteiger partial charge is 0.191 e. The van der Waals surface area contributed by atoms with Gasteiger partial charge in [-0.25, -0.2) is 4.98 Å². The first-order valence-corrected chi connectivity index (χ1v) is 9.53. The molecule has 1 fully saturated rings. The van der Waals surface area contributed by atoms with Crippen LogP contribution in [0.25, 0.3) is 0 Å². The summed E-state index contributed by atoms with van der Waals surface area (Å²) in [5.74, 6) is 1.64. The molecule has 5 nitrogen and oxygen atoms in total. The molecule has 2 rings (SSSR count). The van der Waals surface area contributed by atoms with Crippen LogP contribution < -0.4 is 10.6 Å². The number of rotatable bonds is 6. The van der Waals surface area contributed by atoms with Crippen LogP contribution in [0.4, 0.5) is 0 Å². The van der Waals surface area contributed by atoms with Gasteiger partial charge in [0.1, 0.15) is 5.01 Å². The number of thiazole rings is 1. The maximum atomic E-state index is 4.56. The fraction of sp³-hybridized carbons (Fsp3) is 0.765. The highest BCUT2D eigenvalue weighted by Crippen LogP contribution is 2.17. The number of guanidine groups is 1. The average Bonchev–Trinajstić information content (AvgIpc) is 2.87. The zero-order valence-corrected chi connectivity index (χ0v) is 18.5. The van der Waals surface area contributed by atoms with Crippen molar-refractivity contribution in [3.05, 3.63) is 15.6 Å². The highest BCUT2D eigenvalue weighted by molar-refractivity contribution is 14.0. The Morgan fingerprint density at radius 2 is 2.00 bits per heavy atom. The molecular weight excluding hydrogens is 433 g/mol. The maximum absolute atomic E-state index is 4.56. The van der Waals surface area contributed by atoms with Crippen molar-refractivity contribution >= 4 is 41.3 Å². The van der Waals surface area contributed by atoms with Gasteiger partial charge in [0.2, 0.25) is 0 Å². The molecule has 0 atom stereocenters. The second-order valence-electron chi connectivity index (χ2n) is 6.34. The van der Waals surface area contributed by atoms with Gasteiger partial charge in [0.25, 0.3) is 0 Å². The minimum atomic E-state index is 0. The summed E-state index contributed by atoms with van der Waals surface area (Å²) in [5.41, 5.74) is 1.13. The Labute approximate surface area is 167 Å². The molecular formula is C17H32IN5S. The Morgan fingerprint density at radius 3 is 2.54 bits per heavy atom. The minimum absolute atomic E-state index is 0. The predicted molar refractivity (Wildman–Crippen MR) is 115 cm³/mol. The molecule has 1 aromatic heterocycles. The van der Waals surface area contributed by atoms with Gasteiger partial charge in [-0.05, 0) is 58.7 Å². The van der Waals surface area contributed by atoms with Crippen LogP contribution in [0.15, 0.2) is 4.99 Å². The third-order valence-electron chi connectivity index (χ3n) is 4.51. The fourth-order valence-corrected chi connectivity index (χ4v) is 3.84. The zero-order valence-electron chi connectivity index (χ0n) is 15.4. The molecule has 138 valence electrons. The van der Waals surface area contributed by atoms with Crippen LogP contribution in [0, 0.1) is 19.8 Å². The Kier molecular flexibility index (Phi) is 10.1. The Morgan fingerprint density at radius 1 is 1.29 bits per heavy atom. The van der Waals surface area contributed by atoms with Crippen LogP contribution >= 0.6 is 35.3 Å². The van der Waals surface area contributed by atoms with Crippen LogP contribution in [0.5, 0.6) is 0 Å². The third-order valence-corrected chi connectivity index (χ3v) is 5.58.